The quantitative estimate of drug-likeness (QED) is 0.590. The smallest absolute Gasteiger partial charge is 0.244 e. The lowest BCUT2D eigenvalue weighted by molar-refractivity contribution is -0.113. The first-order valence-corrected chi connectivity index (χ1v) is 11.6. The average molecular weight is 472 g/mol. The van der Waals surface area contributed by atoms with Crippen LogP contribution in [0.5, 0.6) is 0 Å². The van der Waals surface area contributed by atoms with E-state index in [-0.39, 0.29) is 16.6 Å². The Morgan fingerprint density at radius 3 is 2.48 bits per heavy atom. The highest BCUT2D eigenvalue weighted by Crippen LogP contribution is 2.24. The molecular weight excluding hydrogens is 450 g/mol. The Morgan fingerprint density at radius 1 is 1.22 bits per heavy atom. The number of nitrogens with zero attached hydrogens (tertiary/aromatic N) is 2. The van der Waals surface area contributed by atoms with Crippen molar-refractivity contribution in [1.82, 2.24) is 9.29 Å². The lowest BCUT2D eigenvalue weighted by Crippen LogP contribution is -2.30. The maximum atomic E-state index is 12.4. The van der Waals surface area contributed by atoms with Gasteiger partial charge in [-0.1, -0.05) is 31.7 Å². The van der Waals surface area contributed by atoms with E-state index in [4.69, 9.17) is 0 Å². The van der Waals surface area contributed by atoms with Crippen LogP contribution in [0.4, 0.5) is 5.69 Å². The molecule has 0 saturated carbocycles. The minimum Gasteiger partial charge on any atom is -0.324 e. The van der Waals surface area contributed by atoms with Gasteiger partial charge in [0, 0.05) is 23.8 Å². The van der Waals surface area contributed by atoms with Gasteiger partial charge in [0.15, 0.2) is 0 Å². The maximum absolute atomic E-state index is 12.4. The summed E-state index contributed by atoms with van der Waals surface area (Å²) in [6.45, 7) is 6.38. The molecule has 0 fully saturated rings. The minimum absolute atomic E-state index is 0.156. The van der Waals surface area contributed by atoms with Gasteiger partial charge in [0.25, 0.3) is 0 Å². The number of pyridine rings is 1. The number of thioether (sulfide) groups is 1. The highest BCUT2D eigenvalue weighted by atomic mass is 79.9. The van der Waals surface area contributed by atoms with Crippen LogP contribution >= 0.6 is 27.7 Å². The van der Waals surface area contributed by atoms with Crippen LogP contribution in [-0.2, 0) is 14.8 Å². The second kappa shape index (κ2) is 9.68. The number of carbonyl (C=O) groups excluding carboxylic acids is 1. The van der Waals surface area contributed by atoms with Gasteiger partial charge in [-0.15, -0.1) is 0 Å². The van der Waals surface area contributed by atoms with Crippen molar-refractivity contribution in [2.75, 3.05) is 24.2 Å². The number of halogens is 1. The number of benzene rings is 1. The average Bonchev–Trinajstić information content (AvgIpc) is 2.63. The van der Waals surface area contributed by atoms with Crippen molar-refractivity contribution >= 4 is 49.3 Å². The predicted octanol–water partition coefficient (Wildman–Crippen LogP) is 3.91. The molecule has 0 aliphatic heterocycles. The zero-order valence-electron chi connectivity index (χ0n) is 15.4. The molecule has 2 rings (SSSR count). The van der Waals surface area contributed by atoms with Gasteiger partial charge in [0.2, 0.25) is 15.9 Å². The highest BCUT2D eigenvalue weighted by molar-refractivity contribution is 9.10. The summed E-state index contributed by atoms with van der Waals surface area (Å²) >= 11 is 4.68. The zero-order valence-corrected chi connectivity index (χ0v) is 18.6. The van der Waals surface area contributed by atoms with Gasteiger partial charge in [-0.3, -0.25) is 4.79 Å². The Balaban J connectivity index is 1.97. The zero-order chi connectivity index (χ0) is 20.0. The minimum atomic E-state index is -3.52. The number of hydrogen-bond donors (Lipinski definition) is 1. The van der Waals surface area contributed by atoms with Crippen LogP contribution < -0.4 is 5.32 Å². The molecule has 1 amide bonds. The van der Waals surface area contributed by atoms with E-state index < -0.39 is 10.0 Å². The fourth-order valence-corrected chi connectivity index (χ4v) is 5.00. The molecule has 0 spiro atoms. The standard InChI is InChI=1S/C18H22BrN3O3S2/c1-4-22(5-2)27(24,25)14-7-9-18(20-11-14)26-12-17(23)21-16-8-6-13(3)10-15(16)19/h6-11H,4-5,12H2,1-3H3,(H,21,23). The summed E-state index contributed by atoms with van der Waals surface area (Å²) in [5.74, 6) is 0.0151. The number of amides is 1. The Hall–Kier alpha value is -1.42. The van der Waals surface area contributed by atoms with Crippen molar-refractivity contribution in [3.63, 3.8) is 0 Å². The molecule has 9 heteroatoms. The van der Waals surface area contributed by atoms with Gasteiger partial charge < -0.3 is 5.32 Å². The Morgan fingerprint density at radius 2 is 1.93 bits per heavy atom. The fraction of sp³-hybridized carbons (Fsp3) is 0.333. The van der Waals surface area contributed by atoms with Crippen LogP contribution in [0.3, 0.4) is 0 Å². The van der Waals surface area contributed by atoms with E-state index in [9.17, 15) is 13.2 Å². The lowest BCUT2D eigenvalue weighted by Gasteiger charge is -2.18. The lowest BCUT2D eigenvalue weighted by atomic mass is 10.2. The van der Waals surface area contributed by atoms with Crippen molar-refractivity contribution in [1.29, 1.82) is 0 Å². The molecule has 0 saturated heterocycles. The molecule has 27 heavy (non-hydrogen) atoms. The first-order valence-electron chi connectivity index (χ1n) is 8.43. The first kappa shape index (κ1) is 21.9. The number of nitrogens with one attached hydrogen (secondary N) is 1. The number of sulfonamides is 1. The molecule has 0 aliphatic rings. The topological polar surface area (TPSA) is 79.4 Å². The molecule has 0 aliphatic carbocycles. The third kappa shape index (κ3) is 5.78. The molecule has 0 radical (unpaired) electrons. The van der Waals surface area contributed by atoms with Gasteiger partial charge in [-0.05, 0) is 52.7 Å². The highest BCUT2D eigenvalue weighted by Gasteiger charge is 2.21. The van der Waals surface area contributed by atoms with Crippen LogP contribution in [0, 0.1) is 6.92 Å². The number of aromatic nitrogens is 1. The van der Waals surface area contributed by atoms with Crippen LogP contribution in [0.25, 0.3) is 0 Å². The predicted molar refractivity (Wildman–Crippen MR) is 113 cm³/mol. The molecule has 1 heterocycles. The van der Waals surface area contributed by atoms with E-state index in [0.29, 0.717) is 23.8 Å². The molecule has 1 aromatic heterocycles. The number of anilines is 1. The summed E-state index contributed by atoms with van der Waals surface area (Å²) in [5.41, 5.74) is 1.80. The molecule has 0 unspecified atom stereocenters. The second-order valence-corrected chi connectivity index (χ2v) is 9.53. The Kier molecular flexibility index (Phi) is 7.84. The van der Waals surface area contributed by atoms with Crippen molar-refractivity contribution in [3.8, 4) is 0 Å². The van der Waals surface area contributed by atoms with Gasteiger partial charge in [-0.25, -0.2) is 13.4 Å². The molecular formula is C18H22BrN3O3S2. The van der Waals surface area contributed by atoms with Crippen molar-refractivity contribution < 1.29 is 13.2 Å². The third-order valence-electron chi connectivity index (χ3n) is 3.80. The number of hydrogen-bond acceptors (Lipinski definition) is 5. The summed E-state index contributed by atoms with van der Waals surface area (Å²) < 4.78 is 27.1. The maximum Gasteiger partial charge on any atom is 0.244 e. The summed E-state index contributed by atoms with van der Waals surface area (Å²) in [6, 6.07) is 8.84. The number of aryl methyl sites for hydroxylation is 1. The van der Waals surface area contributed by atoms with E-state index in [1.807, 2.05) is 25.1 Å². The van der Waals surface area contributed by atoms with Gasteiger partial charge in [0.05, 0.1) is 16.5 Å². The largest absolute Gasteiger partial charge is 0.324 e. The second-order valence-electron chi connectivity index (χ2n) is 5.74. The molecule has 6 nitrogen and oxygen atoms in total. The van der Waals surface area contributed by atoms with E-state index >= 15 is 0 Å². The van der Waals surface area contributed by atoms with Crippen molar-refractivity contribution in [2.45, 2.75) is 30.7 Å². The molecule has 146 valence electrons. The monoisotopic (exact) mass is 471 g/mol. The van der Waals surface area contributed by atoms with Crippen LogP contribution in [-0.4, -0.2) is 42.5 Å². The molecule has 2 aromatic rings. The van der Waals surface area contributed by atoms with Crippen LogP contribution in [0.1, 0.15) is 19.4 Å². The Bertz CT molecular complexity index is 899. The van der Waals surface area contributed by atoms with Gasteiger partial charge >= 0.3 is 0 Å². The number of rotatable bonds is 8. The fourth-order valence-electron chi connectivity index (χ4n) is 2.36. The van der Waals surface area contributed by atoms with Crippen LogP contribution in [0.15, 0.2) is 50.9 Å². The summed E-state index contributed by atoms with van der Waals surface area (Å²) in [4.78, 5) is 16.5. The van der Waals surface area contributed by atoms with E-state index in [2.05, 4.69) is 26.2 Å². The van der Waals surface area contributed by atoms with E-state index in [1.165, 1.54) is 28.3 Å². The third-order valence-corrected chi connectivity index (χ3v) is 7.44. The molecule has 0 atom stereocenters. The summed E-state index contributed by atoms with van der Waals surface area (Å²) in [7, 11) is -3.52. The molecule has 1 aromatic carbocycles. The SMILES string of the molecule is CCN(CC)S(=O)(=O)c1ccc(SCC(=O)Nc2ccc(C)cc2Br)nc1. The summed E-state index contributed by atoms with van der Waals surface area (Å²) in [6.07, 6.45) is 1.34. The van der Waals surface area contributed by atoms with E-state index in [0.717, 1.165) is 10.0 Å². The van der Waals surface area contributed by atoms with Crippen LogP contribution in [0.2, 0.25) is 0 Å². The summed E-state index contributed by atoms with van der Waals surface area (Å²) in [5, 5.41) is 3.43. The Labute approximate surface area is 172 Å². The molecule has 1 N–H and O–H groups in total. The normalized spacial score (nSPS) is 11.6. The van der Waals surface area contributed by atoms with Crippen molar-refractivity contribution in [2.24, 2.45) is 0 Å². The molecule has 0 bridgehead atoms. The first-order chi connectivity index (χ1) is 12.8. The van der Waals surface area contributed by atoms with E-state index in [1.54, 1.807) is 19.9 Å². The van der Waals surface area contributed by atoms with Crippen molar-refractivity contribution in [3.05, 3.63) is 46.6 Å². The number of carbonyl (C=O) groups is 1. The van der Waals surface area contributed by atoms with Gasteiger partial charge in [-0.2, -0.15) is 4.31 Å². The van der Waals surface area contributed by atoms with Gasteiger partial charge in [0.1, 0.15) is 4.90 Å².